The zero-order valence-electron chi connectivity index (χ0n) is 14.4. The summed E-state index contributed by atoms with van der Waals surface area (Å²) < 4.78 is 8.04. The van der Waals surface area contributed by atoms with Gasteiger partial charge in [0.1, 0.15) is 5.75 Å². The van der Waals surface area contributed by atoms with Gasteiger partial charge in [0.15, 0.2) is 12.3 Å². The average Bonchev–Trinajstić information content (AvgIpc) is 2.89. The van der Waals surface area contributed by atoms with Gasteiger partial charge in [0.25, 0.3) is 0 Å². The lowest BCUT2D eigenvalue weighted by Crippen LogP contribution is -2.08. The van der Waals surface area contributed by atoms with Gasteiger partial charge in [0, 0.05) is 16.4 Å². The van der Waals surface area contributed by atoms with Crippen molar-refractivity contribution in [2.75, 3.05) is 6.61 Å². The van der Waals surface area contributed by atoms with Gasteiger partial charge in [0.05, 0.1) is 5.52 Å². The van der Waals surface area contributed by atoms with Gasteiger partial charge in [-0.2, -0.15) is 0 Å². The lowest BCUT2D eigenvalue weighted by atomic mass is 10.2. The van der Waals surface area contributed by atoms with E-state index in [1.54, 1.807) is 10.6 Å². The molecule has 0 fully saturated rings. The molecule has 1 amide bonds. The lowest BCUT2D eigenvalue weighted by molar-refractivity contribution is -0.120. The van der Waals surface area contributed by atoms with E-state index in [1.807, 2.05) is 50.2 Å². The number of para-hydroxylation sites is 1. The van der Waals surface area contributed by atoms with Gasteiger partial charge < -0.3 is 14.4 Å². The van der Waals surface area contributed by atoms with Gasteiger partial charge in [-0.1, -0.05) is 34.1 Å². The second-order valence-electron chi connectivity index (χ2n) is 5.73. The van der Waals surface area contributed by atoms with Crippen LogP contribution in [0.5, 0.6) is 11.6 Å². The predicted octanol–water partition coefficient (Wildman–Crippen LogP) is 5.13. The summed E-state index contributed by atoms with van der Waals surface area (Å²) >= 11 is 3.41. The maximum absolute atomic E-state index is 12.0. The highest BCUT2D eigenvalue weighted by Gasteiger charge is 2.16. The summed E-state index contributed by atoms with van der Waals surface area (Å²) in [5.41, 5.74) is 2.03. The van der Waals surface area contributed by atoms with Crippen LogP contribution in [0.2, 0.25) is 0 Å². The first kappa shape index (κ1) is 18.1. The Balaban J connectivity index is 1.82. The third-order valence-electron chi connectivity index (χ3n) is 3.99. The van der Waals surface area contributed by atoms with Gasteiger partial charge in [-0.15, -0.1) is 10.2 Å². The number of amides is 1. The molecule has 6 nitrogen and oxygen atoms in total. The molecule has 7 heteroatoms. The van der Waals surface area contributed by atoms with Crippen LogP contribution in [0.4, 0.5) is 5.69 Å². The largest absolute Gasteiger partial charge is 0.493 e. The zero-order chi connectivity index (χ0) is 18.7. The van der Waals surface area contributed by atoms with Crippen LogP contribution in [0.15, 0.2) is 57.2 Å². The quantitative estimate of drug-likeness (QED) is 0.586. The van der Waals surface area contributed by atoms with E-state index in [2.05, 4.69) is 26.2 Å². The van der Waals surface area contributed by atoms with Crippen LogP contribution in [0, 0.1) is 6.92 Å². The smallest absolute Gasteiger partial charge is 0.302 e. The number of rotatable bonds is 5. The minimum absolute atomic E-state index is 0.0167. The maximum atomic E-state index is 12.0. The Hall–Kier alpha value is -2.67. The number of aromatic hydroxyl groups is 1. The van der Waals surface area contributed by atoms with Crippen molar-refractivity contribution in [3.05, 3.63) is 52.5 Å². The summed E-state index contributed by atoms with van der Waals surface area (Å²) in [6.45, 7) is 4.18. The third-order valence-corrected chi connectivity index (χ3v) is 4.49. The van der Waals surface area contributed by atoms with E-state index in [-0.39, 0.29) is 18.2 Å². The van der Waals surface area contributed by atoms with Crippen LogP contribution < -0.4 is 4.74 Å². The molecule has 2 aromatic carbocycles. The highest BCUT2D eigenvalue weighted by Crippen LogP contribution is 2.39. The Morgan fingerprint density at radius 2 is 2.04 bits per heavy atom. The molecule has 0 aliphatic rings. The number of hydrogen-bond acceptors (Lipinski definition) is 4. The predicted molar refractivity (Wildman–Crippen MR) is 103 cm³/mol. The molecular weight excluding hydrogens is 398 g/mol. The maximum Gasteiger partial charge on any atom is 0.302 e. The van der Waals surface area contributed by atoms with Crippen molar-refractivity contribution >= 4 is 38.4 Å². The number of nitrogens with zero attached hydrogens (tertiary/aromatic N) is 3. The fourth-order valence-electron chi connectivity index (χ4n) is 2.71. The summed E-state index contributed by atoms with van der Waals surface area (Å²) in [4.78, 5) is 12.0. The number of ether oxygens (including phenoxy) is 1. The van der Waals surface area contributed by atoms with E-state index in [0.717, 1.165) is 20.9 Å². The molecule has 1 aromatic heterocycles. The molecule has 1 N–H and O–H groups in total. The van der Waals surface area contributed by atoms with Crippen LogP contribution in [-0.4, -0.2) is 22.2 Å². The summed E-state index contributed by atoms with van der Waals surface area (Å²) in [7, 11) is 0. The number of aryl methyl sites for hydroxylation is 2. The Kier molecular flexibility index (Phi) is 5.37. The molecule has 0 unspecified atom stereocenters. The molecule has 0 saturated heterocycles. The summed E-state index contributed by atoms with van der Waals surface area (Å²) in [6.07, 6.45) is 0. The first-order chi connectivity index (χ1) is 12.5. The number of carbonyl (C=O) groups excluding carboxylic acids is 1. The number of aromatic nitrogens is 1. The standard InChI is InChI=1S/C19H18BrN3O3/c1-3-23-15-9-8-13(20)10-14(15)18(19(23)25)22-21-17(24)11-26-16-7-5-4-6-12(16)2/h4-10,25H,3,11H2,1-2H3. The van der Waals surface area contributed by atoms with Crippen molar-refractivity contribution in [3.63, 3.8) is 0 Å². The monoisotopic (exact) mass is 415 g/mol. The fourth-order valence-corrected chi connectivity index (χ4v) is 3.07. The second-order valence-corrected chi connectivity index (χ2v) is 6.64. The van der Waals surface area contributed by atoms with Crippen molar-refractivity contribution in [1.29, 1.82) is 0 Å². The van der Waals surface area contributed by atoms with E-state index in [0.29, 0.717) is 12.3 Å². The topological polar surface area (TPSA) is 76.2 Å². The van der Waals surface area contributed by atoms with E-state index in [4.69, 9.17) is 4.74 Å². The molecule has 0 saturated carbocycles. The van der Waals surface area contributed by atoms with Gasteiger partial charge in [-0.3, -0.25) is 4.79 Å². The first-order valence-electron chi connectivity index (χ1n) is 8.15. The molecule has 134 valence electrons. The van der Waals surface area contributed by atoms with E-state index >= 15 is 0 Å². The number of carbonyl (C=O) groups is 1. The minimum atomic E-state index is -0.528. The van der Waals surface area contributed by atoms with Crippen LogP contribution in [-0.2, 0) is 11.3 Å². The summed E-state index contributed by atoms with van der Waals surface area (Å²) in [5, 5.41) is 18.8. The summed E-state index contributed by atoms with van der Waals surface area (Å²) in [6, 6.07) is 13.0. The van der Waals surface area contributed by atoms with Gasteiger partial charge in [0.2, 0.25) is 5.88 Å². The number of halogens is 1. The molecule has 0 spiro atoms. The van der Waals surface area contributed by atoms with Crippen LogP contribution in [0.25, 0.3) is 10.9 Å². The van der Waals surface area contributed by atoms with Crippen LogP contribution in [0.3, 0.4) is 0 Å². The Bertz CT molecular complexity index is 995. The van der Waals surface area contributed by atoms with Crippen molar-refractivity contribution in [1.82, 2.24) is 4.57 Å². The summed E-state index contributed by atoms with van der Waals surface area (Å²) in [5.74, 6) is 0.0856. The molecule has 1 heterocycles. The number of benzene rings is 2. The Labute approximate surface area is 159 Å². The SMILES string of the molecule is CCn1c(O)c(N=NC(=O)COc2ccccc2C)c2cc(Br)ccc21. The minimum Gasteiger partial charge on any atom is -0.493 e. The number of azo groups is 1. The first-order valence-corrected chi connectivity index (χ1v) is 8.94. The van der Waals surface area contributed by atoms with Gasteiger partial charge in [-0.25, -0.2) is 0 Å². The highest BCUT2D eigenvalue weighted by molar-refractivity contribution is 9.10. The van der Waals surface area contributed by atoms with Crippen molar-refractivity contribution in [2.24, 2.45) is 10.2 Å². The van der Waals surface area contributed by atoms with Crippen LogP contribution >= 0.6 is 15.9 Å². The van der Waals surface area contributed by atoms with Gasteiger partial charge >= 0.3 is 5.91 Å². The fraction of sp³-hybridized carbons (Fsp3) is 0.211. The van der Waals surface area contributed by atoms with E-state index < -0.39 is 5.91 Å². The van der Waals surface area contributed by atoms with Crippen molar-refractivity contribution in [3.8, 4) is 11.6 Å². The molecule has 0 bridgehead atoms. The number of hydrogen-bond donors (Lipinski definition) is 1. The molecule has 3 rings (SSSR count). The molecule has 26 heavy (non-hydrogen) atoms. The van der Waals surface area contributed by atoms with E-state index in [9.17, 15) is 9.90 Å². The van der Waals surface area contributed by atoms with Crippen molar-refractivity contribution < 1.29 is 14.6 Å². The Morgan fingerprint density at radius 3 is 2.77 bits per heavy atom. The normalized spacial score (nSPS) is 11.3. The van der Waals surface area contributed by atoms with Crippen molar-refractivity contribution in [2.45, 2.75) is 20.4 Å². The average molecular weight is 416 g/mol. The highest BCUT2D eigenvalue weighted by atomic mass is 79.9. The third kappa shape index (κ3) is 3.62. The zero-order valence-corrected chi connectivity index (χ0v) is 16.0. The lowest BCUT2D eigenvalue weighted by Gasteiger charge is -2.05. The molecule has 0 atom stereocenters. The van der Waals surface area contributed by atoms with Crippen LogP contribution in [0.1, 0.15) is 12.5 Å². The van der Waals surface area contributed by atoms with E-state index in [1.165, 1.54) is 0 Å². The molecule has 0 aliphatic heterocycles. The number of fused-ring (bicyclic) bond motifs is 1. The Morgan fingerprint density at radius 1 is 1.27 bits per heavy atom. The molecule has 0 aliphatic carbocycles. The molecule has 0 radical (unpaired) electrons. The molecular formula is C19H18BrN3O3. The molecule has 3 aromatic rings. The second kappa shape index (κ2) is 7.70. The van der Waals surface area contributed by atoms with Gasteiger partial charge in [-0.05, 0) is 43.7 Å².